The van der Waals surface area contributed by atoms with Crippen molar-refractivity contribution in [2.24, 2.45) is 5.16 Å². The van der Waals surface area contributed by atoms with E-state index >= 15 is 0 Å². The van der Waals surface area contributed by atoms with Crippen LogP contribution in [0.2, 0.25) is 0 Å². The number of oxime groups is 1. The molecule has 0 saturated carbocycles. The number of benzene rings is 3. The number of hydrogen-bond acceptors (Lipinski definition) is 5. The summed E-state index contributed by atoms with van der Waals surface area (Å²) >= 11 is 0. The van der Waals surface area contributed by atoms with E-state index in [0.29, 0.717) is 36.0 Å². The molecule has 3 rings (SSSR count). The van der Waals surface area contributed by atoms with Gasteiger partial charge in [0.2, 0.25) is 0 Å². The Balaban J connectivity index is 1.67. The van der Waals surface area contributed by atoms with Crippen molar-refractivity contribution in [1.82, 2.24) is 0 Å². The van der Waals surface area contributed by atoms with Gasteiger partial charge in [-0.1, -0.05) is 53.7 Å². The third kappa shape index (κ3) is 5.01. The van der Waals surface area contributed by atoms with Crippen molar-refractivity contribution in [3.05, 3.63) is 89.5 Å². The van der Waals surface area contributed by atoms with Gasteiger partial charge >= 0.3 is 0 Å². The first kappa shape index (κ1) is 18.3. The van der Waals surface area contributed by atoms with E-state index in [1.165, 1.54) is 6.21 Å². The lowest BCUT2D eigenvalue weighted by Gasteiger charge is -2.13. The monoisotopic (exact) mass is 363 g/mol. The molecule has 1 N–H and O–H groups in total. The van der Waals surface area contributed by atoms with Gasteiger partial charge in [-0.2, -0.15) is 0 Å². The zero-order valence-corrected chi connectivity index (χ0v) is 15.0. The van der Waals surface area contributed by atoms with E-state index in [2.05, 4.69) is 5.16 Å². The van der Waals surface area contributed by atoms with Crippen molar-refractivity contribution in [2.75, 3.05) is 7.11 Å². The molecule has 0 heterocycles. The topological polar surface area (TPSA) is 60.3 Å². The molecule has 0 spiro atoms. The van der Waals surface area contributed by atoms with E-state index in [9.17, 15) is 0 Å². The molecule has 5 heteroatoms. The van der Waals surface area contributed by atoms with Gasteiger partial charge in [-0.25, -0.2) is 0 Å². The molecule has 0 bridgehead atoms. The van der Waals surface area contributed by atoms with E-state index in [0.717, 1.165) is 11.1 Å². The first-order chi connectivity index (χ1) is 13.3. The summed E-state index contributed by atoms with van der Waals surface area (Å²) in [5, 5.41) is 11.8. The van der Waals surface area contributed by atoms with Crippen molar-refractivity contribution in [3.8, 4) is 17.2 Å². The summed E-state index contributed by atoms with van der Waals surface area (Å²) in [5.74, 6) is 1.97. The fourth-order valence-electron chi connectivity index (χ4n) is 2.60. The summed E-state index contributed by atoms with van der Waals surface area (Å²) in [5.41, 5.74) is 2.73. The summed E-state index contributed by atoms with van der Waals surface area (Å²) in [7, 11) is 1.61. The molecule has 0 aromatic heterocycles. The average Bonchev–Trinajstić information content (AvgIpc) is 2.73. The Hall–Kier alpha value is -3.47. The Bertz CT molecular complexity index is 894. The molecular weight excluding hydrogens is 342 g/mol. The van der Waals surface area contributed by atoms with Crippen LogP contribution >= 0.6 is 0 Å². The highest BCUT2D eigenvalue weighted by atomic mass is 16.5. The van der Waals surface area contributed by atoms with Crippen molar-refractivity contribution in [2.45, 2.75) is 13.2 Å². The SMILES string of the molecule is COc1cc(COc2ccccc2/C=N/O)ccc1OCc1ccccc1. The van der Waals surface area contributed by atoms with E-state index in [4.69, 9.17) is 19.4 Å². The Morgan fingerprint density at radius 2 is 1.48 bits per heavy atom. The zero-order valence-electron chi connectivity index (χ0n) is 15.0. The van der Waals surface area contributed by atoms with Crippen LogP contribution in [0.15, 0.2) is 78.0 Å². The van der Waals surface area contributed by atoms with E-state index in [-0.39, 0.29) is 0 Å². The van der Waals surface area contributed by atoms with E-state index < -0.39 is 0 Å². The largest absolute Gasteiger partial charge is 0.493 e. The number of nitrogens with zero attached hydrogens (tertiary/aromatic N) is 1. The predicted molar refractivity (Wildman–Crippen MR) is 104 cm³/mol. The van der Waals surface area contributed by atoms with Crippen LogP contribution in [0, 0.1) is 0 Å². The maximum absolute atomic E-state index is 8.74. The third-order valence-electron chi connectivity index (χ3n) is 3.98. The highest BCUT2D eigenvalue weighted by Gasteiger charge is 2.08. The molecule has 0 fully saturated rings. The van der Waals surface area contributed by atoms with Gasteiger partial charge in [0, 0.05) is 5.56 Å². The summed E-state index contributed by atoms with van der Waals surface area (Å²) in [6, 6.07) is 23.0. The summed E-state index contributed by atoms with van der Waals surface area (Å²) in [4.78, 5) is 0. The molecule has 3 aromatic rings. The second-order valence-corrected chi connectivity index (χ2v) is 5.83. The van der Waals surface area contributed by atoms with Crippen LogP contribution < -0.4 is 14.2 Å². The van der Waals surface area contributed by atoms with Gasteiger partial charge in [-0.3, -0.25) is 0 Å². The third-order valence-corrected chi connectivity index (χ3v) is 3.98. The first-order valence-electron chi connectivity index (χ1n) is 8.53. The highest BCUT2D eigenvalue weighted by molar-refractivity contribution is 5.82. The first-order valence-corrected chi connectivity index (χ1v) is 8.53. The van der Waals surface area contributed by atoms with Gasteiger partial charge in [-0.05, 0) is 35.4 Å². The predicted octanol–water partition coefficient (Wildman–Crippen LogP) is 4.66. The van der Waals surface area contributed by atoms with Gasteiger partial charge in [-0.15, -0.1) is 0 Å². The van der Waals surface area contributed by atoms with Crippen LogP contribution in [-0.4, -0.2) is 18.5 Å². The van der Waals surface area contributed by atoms with Crippen LogP contribution in [0.4, 0.5) is 0 Å². The summed E-state index contributed by atoms with van der Waals surface area (Å²) < 4.78 is 17.2. The zero-order chi connectivity index (χ0) is 18.9. The lowest BCUT2D eigenvalue weighted by Crippen LogP contribution is -2.01. The maximum Gasteiger partial charge on any atom is 0.161 e. The number of hydrogen-bond donors (Lipinski definition) is 1. The van der Waals surface area contributed by atoms with Crippen LogP contribution in [0.3, 0.4) is 0 Å². The molecule has 0 amide bonds. The van der Waals surface area contributed by atoms with Gasteiger partial charge < -0.3 is 19.4 Å². The highest BCUT2D eigenvalue weighted by Crippen LogP contribution is 2.29. The van der Waals surface area contributed by atoms with E-state index in [1.807, 2.05) is 72.8 Å². The molecule has 0 aliphatic rings. The molecule has 0 unspecified atom stereocenters. The minimum absolute atomic E-state index is 0.353. The quantitative estimate of drug-likeness (QED) is 0.359. The summed E-state index contributed by atoms with van der Waals surface area (Å²) in [6.45, 7) is 0.826. The standard InChI is InChI=1S/C22H21NO4/c1-25-22-13-18(16-26-20-10-6-5-9-19(20)14-23-24)11-12-21(22)27-15-17-7-3-2-4-8-17/h2-14,24H,15-16H2,1H3/b23-14+. The molecule has 3 aromatic carbocycles. The molecule has 0 aliphatic heterocycles. The number of methoxy groups -OCH3 is 1. The lowest BCUT2D eigenvalue weighted by atomic mass is 10.2. The minimum atomic E-state index is 0.353. The molecule has 138 valence electrons. The van der Waals surface area contributed by atoms with Gasteiger partial charge in [0.25, 0.3) is 0 Å². The molecule has 0 aliphatic carbocycles. The van der Waals surface area contributed by atoms with Gasteiger partial charge in [0.05, 0.1) is 13.3 Å². The van der Waals surface area contributed by atoms with Crippen molar-refractivity contribution in [3.63, 3.8) is 0 Å². The Morgan fingerprint density at radius 3 is 2.26 bits per heavy atom. The molecular formula is C22H21NO4. The van der Waals surface area contributed by atoms with Crippen LogP contribution in [-0.2, 0) is 13.2 Å². The van der Waals surface area contributed by atoms with Crippen LogP contribution in [0.25, 0.3) is 0 Å². The molecule has 0 radical (unpaired) electrons. The lowest BCUT2D eigenvalue weighted by molar-refractivity contribution is 0.281. The smallest absolute Gasteiger partial charge is 0.161 e. The van der Waals surface area contributed by atoms with Crippen molar-refractivity contribution in [1.29, 1.82) is 0 Å². The van der Waals surface area contributed by atoms with Crippen molar-refractivity contribution >= 4 is 6.21 Å². The maximum atomic E-state index is 8.74. The Morgan fingerprint density at radius 1 is 0.778 bits per heavy atom. The molecule has 0 atom stereocenters. The minimum Gasteiger partial charge on any atom is -0.493 e. The molecule has 0 saturated heterocycles. The average molecular weight is 363 g/mol. The van der Waals surface area contributed by atoms with Crippen molar-refractivity contribution < 1.29 is 19.4 Å². The number of para-hydroxylation sites is 1. The second-order valence-electron chi connectivity index (χ2n) is 5.83. The van der Waals surface area contributed by atoms with Gasteiger partial charge in [0.1, 0.15) is 19.0 Å². The number of rotatable bonds is 8. The molecule has 27 heavy (non-hydrogen) atoms. The Labute approximate surface area is 158 Å². The Kier molecular flexibility index (Phi) is 6.30. The summed E-state index contributed by atoms with van der Waals surface area (Å²) in [6.07, 6.45) is 1.34. The fraction of sp³-hybridized carbons (Fsp3) is 0.136. The van der Waals surface area contributed by atoms with E-state index in [1.54, 1.807) is 7.11 Å². The molecule has 5 nitrogen and oxygen atoms in total. The normalized spacial score (nSPS) is 10.7. The second kappa shape index (κ2) is 9.29. The van der Waals surface area contributed by atoms with Crippen LogP contribution in [0.5, 0.6) is 17.2 Å². The van der Waals surface area contributed by atoms with Gasteiger partial charge in [0.15, 0.2) is 11.5 Å². The fourth-order valence-corrected chi connectivity index (χ4v) is 2.60. The number of ether oxygens (including phenoxy) is 3. The van der Waals surface area contributed by atoms with Crippen LogP contribution in [0.1, 0.15) is 16.7 Å².